The minimum absolute atomic E-state index is 0.0356. The van der Waals surface area contributed by atoms with Crippen LogP contribution in [-0.2, 0) is 11.3 Å². The Kier molecular flexibility index (Phi) is 5.69. The molecular weight excluding hydrogens is 386 g/mol. The van der Waals surface area contributed by atoms with E-state index in [9.17, 15) is 4.79 Å². The number of fused-ring (bicyclic) bond motifs is 1. The minimum Gasteiger partial charge on any atom is -0.283 e. The van der Waals surface area contributed by atoms with Gasteiger partial charge in [0.25, 0.3) is 0 Å². The molecule has 1 amide bonds. The molecule has 0 atom stereocenters. The molecular formula is C22H19N3OS2. The highest BCUT2D eigenvalue weighted by Gasteiger charge is 2.20. The number of aromatic nitrogens is 2. The molecule has 6 heteroatoms. The number of carbonyl (C=O) groups is 1. The first kappa shape index (κ1) is 18.7. The summed E-state index contributed by atoms with van der Waals surface area (Å²) in [5.41, 5.74) is 3.09. The number of anilines is 1. The van der Waals surface area contributed by atoms with Gasteiger partial charge in [-0.3, -0.25) is 14.7 Å². The molecule has 0 saturated carbocycles. The quantitative estimate of drug-likeness (QED) is 0.407. The summed E-state index contributed by atoms with van der Waals surface area (Å²) in [4.78, 5) is 24.9. The summed E-state index contributed by atoms with van der Waals surface area (Å²) in [6.45, 7) is 2.52. The van der Waals surface area contributed by atoms with Crippen molar-refractivity contribution in [1.82, 2.24) is 9.97 Å². The number of hydrogen-bond donors (Lipinski definition) is 0. The second-order valence-electron chi connectivity index (χ2n) is 6.41. The molecule has 2 aromatic carbocycles. The summed E-state index contributed by atoms with van der Waals surface area (Å²) in [6, 6.07) is 20.0. The van der Waals surface area contributed by atoms with E-state index in [1.165, 1.54) is 5.56 Å². The first-order valence-corrected chi connectivity index (χ1v) is 10.7. The van der Waals surface area contributed by atoms with Crippen molar-refractivity contribution >= 4 is 44.4 Å². The molecule has 0 saturated heterocycles. The van der Waals surface area contributed by atoms with Gasteiger partial charge in [0.2, 0.25) is 5.91 Å². The lowest BCUT2D eigenvalue weighted by Gasteiger charge is -2.19. The molecule has 0 aliphatic heterocycles. The van der Waals surface area contributed by atoms with Crippen LogP contribution in [0.4, 0.5) is 5.13 Å². The van der Waals surface area contributed by atoms with Gasteiger partial charge in [0, 0.05) is 17.3 Å². The number of thiazole rings is 1. The van der Waals surface area contributed by atoms with E-state index in [1.54, 1.807) is 40.4 Å². The summed E-state index contributed by atoms with van der Waals surface area (Å²) >= 11 is 3.09. The zero-order valence-electron chi connectivity index (χ0n) is 15.4. The predicted octanol–water partition coefficient (Wildman–Crippen LogP) is 5.33. The van der Waals surface area contributed by atoms with Gasteiger partial charge in [-0.25, -0.2) is 4.98 Å². The van der Waals surface area contributed by atoms with Gasteiger partial charge < -0.3 is 0 Å². The highest BCUT2D eigenvalue weighted by molar-refractivity contribution is 8.00. The van der Waals surface area contributed by atoms with Gasteiger partial charge in [-0.15, -0.1) is 11.8 Å². The van der Waals surface area contributed by atoms with Crippen LogP contribution >= 0.6 is 23.1 Å². The molecule has 28 heavy (non-hydrogen) atoms. The second-order valence-corrected chi connectivity index (χ2v) is 8.47. The molecule has 4 rings (SSSR count). The Hall–Kier alpha value is -2.70. The topological polar surface area (TPSA) is 46.1 Å². The van der Waals surface area contributed by atoms with Gasteiger partial charge in [-0.05, 0) is 48.4 Å². The lowest BCUT2D eigenvalue weighted by atomic mass is 10.2. The number of amides is 1. The first-order chi connectivity index (χ1) is 13.7. The van der Waals surface area contributed by atoms with Crippen LogP contribution in [-0.4, -0.2) is 21.6 Å². The maximum atomic E-state index is 13.1. The van der Waals surface area contributed by atoms with Crippen LogP contribution in [0.1, 0.15) is 11.1 Å². The average Bonchev–Trinajstić information content (AvgIpc) is 3.14. The van der Waals surface area contributed by atoms with Gasteiger partial charge in [-0.1, -0.05) is 41.7 Å². The zero-order chi connectivity index (χ0) is 19.3. The van der Waals surface area contributed by atoms with Gasteiger partial charge in [0.05, 0.1) is 22.5 Å². The summed E-state index contributed by atoms with van der Waals surface area (Å²) in [5, 5.41) is 0.725. The molecule has 0 unspecified atom stereocenters. The van der Waals surface area contributed by atoms with Crippen molar-refractivity contribution in [3.8, 4) is 0 Å². The van der Waals surface area contributed by atoms with E-state index in [0.717, 1.165) is 25.8 Å². The standard InChI is InChI=1S/C22H19N3OS2/c1-16-9-10-19-20(12-16)28-22(24-19)25(14-17-6-5-11-23-13-17)21(26)15-27-18-7-3-2-4-8-18/h2-13H,14-15H2,1H3. The highest BCUT2D eigenvalue weighted by Crippen LogP contribution is 2.31. The van der Waals surface area contributed by atoms with Gasteiger partial charge in [-0.2, -0.15) is 0 Å². The number of pyridine rings is 1. The molecule has 2 aromatic heterocycles. The monoisotopic (exact) mass is 405 g/mol. The Morgan fingerprint density at radius 1 is 1.11 bits per heavy atom. The molecule has 0 aliphatic rings. The third-order valence-electron chi connectivity index (χ3n) is 4.23. The smallest absolute Gasteiger partial charge is 0.239 e. The zero-order valence-corrected chi connectivity index (χ0v) is 17.0. The van der Waals surface area contributed by atoms with Crippen LogP contribution in [0.15, 0.2) is 78.0 Å². The van der Waals surface area contributed by atoms with Gasteiger partial charge in [0.1, 0.15) is 0 Å². The Bertz CT molecular complexity index is 1080. The molecule has 140 valence electrons. The molecule has 4 aromatic rings. The normalized spacial score (nSPS) is 10.9. The molecule has 0 N–H and O–H groups in total. The highest BCUT2D eigenvalue weighted by atomic mass is 32.2. The van der Waals surface area contributed by atoms with Crippen molar-refractivity contribution in [2.75, 3.05) is 10.7 Å². The number of carbonyl (C=O) groups excluding carboxylic acids is 1. The predicted molar refractivity (Wildman–Crippen MR) is 117 cm³/mol. The van der Waals surface area contributed by atoms with Crippen LogP contribution in [0.25, 0.3) is 10.2 Å². The lowest BCUT2D eigenvalue weighted by molar-refractivity contribution is -0.116. The third-order valence-corrected chi connectivity index (χ3v) is 6.27. The lowest BCUT2D eigenvalue weighted by Crippen LogP contribution is -2.31. The van der Waals surface area contributed by atoms with Crippen molar-refractivity contribution in [2.45, 2.75) is 18.4 Å². The Balaban J connectivity index is 1.61. The number of nitrogens with zero attached hydrogens (tertiary/aromatic N) is 3. The van der Waals surface area contributed by atoms with Crippen LogP contribution in [0, 0.1) is 6.92 Å². The van der Waals surface area contributed by atoms with Crippen molar-refractivity contribution in [2.24, 2.45) is 0 Å². The van der Waals surface area contributed by atoms with E-state index < -0.39 is 0 Å². The fourth-order valence-corrected chi connectivity index (χ4v) is 4.69. The fourth-order valence-electron chi connectivity index (χ4n) is 2.81. The molecule has 0 bridgehead atoms. The summed E-state index contributed by atoms with van der Waals surface area (Å²) in [7, 11) is 0. The number of hydrogen-bond acceptors (Lipinski definition) is 5. The molecule has 0 spiro atoms. The molecule has 2 heterocycles. The number of rotatable bonds is 6. The summed E-state index contributed by atoms with van der Waals surface area (Å²) in [5.74, 6) is 0.396. The van der Waals surface area contributed by atoms with E-state index in [1.807, 2.05) is 54.6 Å². The Morgan fingerprint density at radius 3 is 2.75 bits per heavy atom. The van der Waals surface area contributed by atoms with Crippen LogP contribution < -0.4 is 4.90 Å². The number of aryl methyl sites for hydroxylation is 1. The summed E-state index contributed by atoms with van der Waals surface area (Å²) in [6.07, 6.45) is 3.53. The third kappa shape index (κ3) is 4.40. The fraction of sp³-hybridized carbons (Fsp3) is 0.136. The van der Waals surface area contributed by atoms with Crippen molar-refractivity contribution in [1.29, 1.82) is 0 Å². The number of thioether (sulfide) groups is 1. The Labute approximate surface area is 172 Å². The maximum Gasteiger partial charge on any atom is 0.239 e. The maximum absolute atomic E-state index is 13.1. The molecule has 0 aliphatic carbocycles. The van der Waals surface area contributed by atoms with Gasteiger partial charge >= 0.3 is 0 Å². The minimum atomic E-state index is 0.0356. The van der Waals surface area contributed by atoms with Crippen molar-refractivity contribution in [3.63, 3.8) is 0 Å². The molecule has 0 fully saturated rings. The number of benzene rings is 2. The van der Waals surface area contributed by atoms with Crippen LogP contribution in [0.2, 0.25) is 0 Å². The van der Waals surface area contributed by atoms with Crippen molar-refractivity contribution in [3.05, 3.63) is 84.2 Å². The second kappa shape index (κ2) is 8.54. The van der Waals surface area contributed by atoms with E-state index >= 15 is 0 Å². The van der Waals surface area contributed by atoms with Crippen molar-refractivity contribution < 1.29 is 4.79 Å². The molecule has 0 radical (unpaired) electrons. The Morgan fingerprint density at radius 2 is 1.96 bits per heavy atom. The van der Waals surface area contributed by atoms with Crippen LogP contribution in [0.3, 0.4) is 0 Å². The molecule has 4 nitrogen and oxygen atoms in total. The summed E-state index contributed by atoms with van der Waals surface area (Å²) < 4.78 is 1.09. The van der Waals surface area contributed by atoms with Gasteiger partial charge in [0.15, 0.2) is 5.13 Å². The largest absolute Gasteiger partial charge is 0.283 e. The first-order valence-electron chi connectivity index (χ1n) is 8.93. The van der Waals surface area contributed by atoms with E-state index in [2.05, 4.69) is 18.0 Å². The van der Waals surface area contributed by atoms with E-state index in [-0.39, 0.29) is 5.91 Å². The van der Waals surface area contributed by atoms with Crippen LogP contribution in [0.5, 0.6) is 0 Å². The SMILES string of the molecule is Cc1ccc2nc(N(Cc3cccnc3)C(=O)CSc3ccccc3)sc2c1. The van der Waals surface area contributed by atoms with E-state index in [0.29, 0.717) is 12.3 Å². The van der Waals surface area contributed by atoms with E-state index in [4.69, 9.17) is 4.98 Å². The average molecular weight is 406 g/mol.